The van der Waals surface area contributed by atoms with E-state index in [-0.39, 0.29) is 5.82 Å². The van der Waals surface area contributed by atoms with E-state index in [1.165, 1.54) is 6.07 Å². The largest absolute Gasteiger partial charge is 0.356 e. The average molecular weight is 361 g/mol. The molecule has 0 aliphatic rings. The van der Waals surface area contributed by atoms with E-state index in [4.69, 9.17) is 0 Å². The fourth-order valence-corrected chi connectivity index (χ4v) is 3.39. The molecule has 2 rings (SSSR count). The number of guanidine groups is 1. The quantitative estimate of drug-likeness (QED) is 0.561. The zero-order valence-corrected chi connectivity index (χ0v) is 15.2. The Kier molecular flexibility index (Phi) is 8.12. The van der Waals surface area contributed by atoms with E-state index in [1.807, 2.05) is 36.4 Å². The Labute approximate surface area is 151 Å². The van der Waals surface area contributed by atoms with Gasteiger partial charge in [0, 0.05) is 42.4 Å². The van der Waals surface area contributed by atoms with E-state index < -0.39 is 10.8 Å². The molecule has 0 bridgehead atoms. The Morgan fingerprint density at radius 3 is 2.44 bits per heavy atom. The van der Waals surface area contributed by atoms with Crippen molar-refractivity contribution in [3.8, 4) is 0 Å². The molecule has 2 N–H and O–H groups in total. The van der Waals surface area contributed by atoms with Crippen LogP contribution in [-0.4, -0.2) is 36.1 Å². The second-order valence-electron chi connectivity index (χ2n) is 5.54. The average Bonchev–Trinajstić information content (AvgIpc) is 2.62. The highest BCUT2D eigenvalue weighted by molar-refractivity contribution is 7.84. The lowest BCUT2D eigenvalue weighted by molar-refractivity contribution is 0.607. The van der Waals surface area contributed by atoms with Crippen molar-refractivity contribution >= 4 is 16.8 Å². The molecule has 4 nitrogen and oxygen atoms in total. The highest BCUT2D eigenvalue weighted by atomic mass is 32.2. The molecule has 2 aromatic carbocycles. The fourth-order valence-electron chi connectivity index (χ4n) is 2.35. The molecule has 0 heterocycles. The molecule has 0 saturated heterocycles. The van der Waals surface area contributed by atoms with Gasteiger partial charge < -0.3 is 10.6 Å². The maximum Gasteiger partial charge on any atom is 0.191 e. The number of rotatable bonds is 8. The fraction of sp³-hybridized carbons (Fsp3) is 0.316. The van der Waals surface area contributed by atoms with Crippen LogP contribution in [0.2, 0.25) is 0 Å². The molecular weight excluding hydrogens is 337 g/mol. The summed E-state index contributed by atoms with van der Waals surface area (Å²) >= 11 is 0. The monoisotopic (exact) mass is 361 g/mol. The molecule has 6 heteroatoms. The first kappa shape index (κ1) is 19.1. The van der Waals surface area contributed by atoms with Gasteiger partial charge >= 0.3 is 0 Å². The van der Waals surface area contributed by atoms with Gasteiger partial charge in [0.15, 0.2) is 5.96 Å². The van der Waals surface area contributed by atoms with Crippen LogP contribution in [0.3, 0.4) is 0 Å². The molecule has 134 valence electrons. The number of hydrogen-bond donors (Lipinski definition) is 2. The molecule has 25 heavy (non-hydrogen) atoms. The summed E-state index contributed by atoms with van der Waals surface area (Å²) in [5.74, 6) is 1.54. The molecule has 0 aromatic heterocycles. The Balaban J connectivity index is 1.66. The number of halogens is 1. The molecule has 2 aromatic rings. The van der Waals surface area contributed by atoms with Crippen molar-refractivity contribution in [3.63, 3.8) is 0 Å². The lowest BCUT2D eigenvalue weighted by Gasteiger charge is -2.12. The summed E-state index contributed by atoms with van der Waals surface area (Å²) in [6, 6.07) is 16.6. The topological polar surface area (TPSA) is 53.5 Å². The van der Waals surface area contributed by atoms with Crippen LogP contribution in [0.1, 0.15) is 11.1 Å². The summed E-state index contributed by atoms with van der Waals surface area (Å²) in [5.41, 5.74) is 1.75. The van der Waals surface area contributed by atoms with E-state index in [0.29, 0.717) is 42.5 Å². The Morgan fingerprint density at radius 1 is 1.04 bits per heavy atom. The van der Waals surface area contributed by atoms with E-state index in [2.05, 4.69) is 15.6 Å². The first-order valence-corrected chi connectivity index (χ1v) is 9.74. The minimum Gasteiger partial charge on any atom is -0.356 e. The van der Waals surface area contributed by atoms with Gasteiger partial charge in [0.2, 0.25) is 0 Å². The van der Waals surface area contributed by atoms with Gasteiger partial charge in [-0.3, -0.25) is 9.20 Å². The van der Waals surface area contributed by atoms with E-state index >= 15 is 0 Å². The number of nitrogens with zero attached hydrogens (tertiary/aromatic N) is 1. The van der Waals surface area contributed by atoms with Crippen LogP contribution in [-0.2, 0) is 23.0 Å². The summed E-state index contributed by atoms with van der Waals surface area (Å²) in [6.07, 6.45) is 0.577. The SMILES string of the molecule is CN=C(NCCc1ccccc1F)NCCS(=O)Cc1ccccc1. The van der Waals surface area contributed by atoms with Gasteiger partial charge in [-0.15, -0.1) is 0 Å². The van der Waals surface area contributed by atoms with Crippen LogP contribution in [0.5, 0.6) is 0 Å². The van der Waals surface area contributed by atoms with Crippen LogP contribution in [0, 0.1) is 5.82 Å². The minimum atomic E-state index is -0.923. The second-order valence-corrected chi connectivity index (χ2v) is 7.12. The Hall–Kier alpha value is -2.21. The first-order chi connectivity index (χ1) is 12.2. The molecule has 0 amide bonds. The standard InChI is InChI=1S/C19H24FN3OS/c1-21-19(22-12-11-17-9-5-6-10-18(17)20)23-13-14-25(24)15-16-7-3-2-4-8-16/h2-10H,11-15H2,1H3,(H2,21,22,23). The van der Waals surface area contributed by atoms with Gasteiger partial charge in [0.25, 0.3) is 0 Å². The maximum absolute atomic E-state index is 13.6. The van der Waals surface area contributed by atoms with Crippen molar-refractivity contribution in [2.75, 3.05) is 25.9 Å². The highest BCUT2D eigenvalue weighted by Crippen LogP contribution is 2.06. The molecule has 0 aliphatic carbocycles. The highest BCUT2D eigenvalue weighted by Gasteiger charge is 2.04. The van der Waals surface area contributed by atoms with Gasteiger partial charge in [0.05, 0.1) is 0 Å². The van der Waals surface area contributed by atoms with Crippen molar-refractivity contribution in [2.45, 2.75) is 12.2 Å². The van der Waals surface area contributed by atoms with E-state index in [9.17, 15) is 8.60 Å². The number of nitrogens with one attached hydrogen (secondary N) is 2. The summed E-state index contributed by atoms with van der Waals surface area (Å²) in [4.78, 5) is 4.12. The minimum absolute atomic E-state index is 0.191. The van der Waals surface area contributed by atoms with Gasteiger partial charge in [-0.1, -0.05) is 48.5 Å². The summed E-state index contributed by atoms with van der Waals surface area (Å²) in [5, 5.41) is 6.28. The normalized spacial score (nSPS) is 12.6. The molecule has 0 fully saturated rings. The van der Waals surface area contributed by atoms with Crippen LogP contribution in [0.15, 0.2) is 59.6 Å². The predicted molar refractivity (Wildman–Crippen MR) is 103 cm³/mol. The van der Waals surface area contributed by atoms with Crippen molar-refractivity contribution in [1.82, 2.24) is 10.6 Å². The Morgan fingerprint density at radius 2 is 1.72 bits per heavy atom. The molecule has 0 saturated carbocycles. The summed E-state index contributed by atoms with van der Waals surface area (Å²) in [7, 11) is 0.757. The van der Waals surface area contributed by atoms with Crippen molar-refractivity contribution in [2.24, 2.45) is 4.99 Å². The van der Waals surface area contributed by atoms with Gasteiger partial charge in [-0.05, 0) is 23.6 Å². The van der Waals surface area contributed by atoms with Crippen LogP contribution in [0.4, 0.5) is 4.39 Å². The van der Waals surface area contributed by atoms with Crippen LogP contribution in [0.25, 0.3) is 0 Å². The van der Waals surface area contributed by atoms with Crippen molar-refractivity contribution in [1.29, 1.82) is 0 Å². The lowest BCUT2D eigenvalue weighted by atomic mass is 10.1. The molecular formula is C19H24FN3OS. The second kappa shape index (κ2) is 10.6. The molecule has 1 atom stereocenters. The number of benzene rings is 2. The van der Waals surface area contributed by atoms with E-state index in [1.54, 1.807) is 19.2 Å². The first-order valence-electron chi connectivity index (χ1n) is 8.26. The summed E-state index contributed by atoms with van der Waals surface area (Å²) < 4.78 is 25.6. The zero-order chi connectivity index (χ0) is 17.9. The van der Waals surface area contributed by atoms with Gasteiger partial charge in [0.1, 0.15) is 5.82 Å². The Bertz CT molecular complexity index is 707. The number of hydrogen-bond acceptors (Lipinski definition) is 2. The third-order valence-electron chi connectivity index (χ3n) is 3.66. The molecule has 1 unspecified atom stereocenters. The summed E-state index contributed by atoms with van der Waals surface area (Å²) in [6.45, 7) is 1.15. The van der Waals surface area contributed by atoms with E-state index in [0.717, 1.165) is 5.56 Å². The van der Waals surface area contributed by atoms with Gasteiger partial charge in [-0.2, -0.15) is 0 Å². The van der Waals surface area contributed by atoms with Crippen LogP contribution >= 0.6 is 0 Å². The predicted octanol–water partition coefficient (Wildman–Crippen LogP) is 2.48. The zero-order valence-electron chi connectivity index (χ0n) is 14.4. The molecule has 0 spiro atoms. The third kappa shape index (κ3) is 7.05. The molecule has 0 radical (unpaired) electrons. The van der Waals surface area contributed by atoms with Crippen molar-refractivity contribution in [3.05, 3.63) is 71.5 Å². The maximum atomic E-state index is 13.6. The third-order valence-corrected chi connectivity index (χ3v) is 4.98. The van der Waals surface area contributed by atoms with Crippen molar-refractivity contribution < 1.29 is 8.60 Å². The van der Waals surface area contributed by atoms with Gasteiger partial charge in [-0.25, -0.2) is 4.39 Å². The van der Waals surface area contributed by atoms with Crippen LogP contribution < -0.4 is 10.6 Å². The lowest BCUT2D eigenvalue weighted by Crippen LogP contribution is -2.40. The smallest absolute Gasteiger partial charge is 0.191 e. The number of aliphatic imine (C=N–C) groups is 1. The molecule has 0 aliphatic heterocycles.